The number of fused-ring (bicyclic) bond motifs is 1. The number of hydrogen-bond acceptors (Lipinski definition) is 1. The average Bonchev–Trinajstić information content (AvgIpc) is 2.16. The molecule has 0 heterocycles. The molecule has 2 N–H and O–H groups in total. The van der Waals surface area contributed by atoms with Crippen molar-refractivity contribution in [3.63, 3.8) is 0 Å². The first kappa shape index (κ1) is 9.50. The van der Waals surface area contributed by atoms with Crippen molar-refractivity contribution in [1.29, 1.82) is 0 Å². The molecule has 0 aliphatic rings. The second-order valence-corrected chi connectivity index (χ2v) is 3.98. The molecule has 2 rings (SSSR count). The van der Waals surface area contributed by atoms with Gasteiger partial charge in [0.15, 0.2) is 0 Å². The van der Waals surface area contributed by atoms with Crippen LogP contribution in [0.3, 0.4) is 0 Å². The van der Waals surface area contributed by atoms with Gasteiger partial charge in [0.25, 0.3) is 0 Å². The molecular weight excluding hydrogens is 194 g/mol. The highest BCUT2D eigenvalue weighted by Crippen LogP contribution is 2.22. The van der Waals surface area contributed by atoms with E-state index in [9.17, 15) is 0 Å². The standard InChI is InChI=1S/C12H12ClN/c1-8(14)10-3-2-9-4-5-12(13)7-11(9)6-10/h2-8H,14H2,1H3/t8-/m1/s1. The van der Waals surface area contributed by atoms with Crippen LogP contribution in [0.25, 0.3) is 10.8 Å². The van der Waals surface area contributed by atoms with Crippen molar-refractivity contribution in [2.45, 2.75) is 13.0 Å². The molecule has 0 amide bonds. The molecule has 14 heavy (non-hydrogen) atoms. The van der Waals surface area contributed by atoms with Crippen LogP contribution in [0.5, 0.6) is 0 Å². The van der Waals surface area contributed by atoms with Gasteiger partial charge in [-0.15, -0.1) is 0 Å². The van der Waals surface area contributed by atoms with Gasteiger partial charge in [-0.3, -0.25) is 0 Å². The molecular formula is C12H12ClN. The van der Waals surface area contributed by atoms with Crippen LogP contribution < -0.4 is 5.73 Å². The summed E-state index contributed by atoms with van der Waals surface area (Å²) < 4.78 is 0. The lowest BCUT2D eigenvalue weighted by Gasteiger charge is -2.06. The van der Waals surface area contributed by atoms with Crippen LogP contribution in [0.4, 0.5) is 0 Å². The van der Waals surface area contributed by atoms with E-state index in [4.69, 9.17) is 17.3 Å². The van der Waals surface area contributed by atoms with Gasteiger partial charge < -0.3 is 5.73 Å². The lowest BCUT2D eigenvalue weighted by molar-refractivity contribution is 0.820. The van der Waals surface area contributed by atoms with Crippen LogP contribution in [-0.2, 0) is 0 Å². The first-order valence-corrected chi connectivity index (χ1v) is 4.99. The molecule has 0 aliphatic heterocycles. The number of benzene rings is 2. The van der Waals surface area contributed by atoms with Gasteiger partial charge in [-0.05, 0) is 41.5 Å². The van der Waals surface area contributed by atoms with E-state index >= 15 is 0 Å². The van der Waals surface area contributed by atoms with E-state index in [1.165, 1.54) is 5.39 Å². The highest BCUT2D eigenvalue weighted by Gasteiger charge is 2.00. The zero-order chi connectivity index (χ0) is 10.1. The Hall–Kier alpha value is -1.05. The zero-order valence-corrected chi connectivity index (χ0v) is 8.75. The molecule has 0 radical (unpaired) electrons. The summed E-state index contributed by atoms with van der Waals surface area (Å²) in [5, 5.41) is 3.10. The second kappa shape index (κ2) is 3.60. The zero-order valence-electron chi connectivity index (χ0n) is 8.00. The van der Waals surface area contributed by atoms with Crippen molar-refractivity contribution < 1.29 is 0 Å². The van der Waals surface area contributed by atoms with Gasteiger partial charge in [0.2, 0.25) is 0 Å². The highest BCUT2D eigenvalue weighted by atomic mass is 35.5. The summed E-state index contributed by atoms with van der Waals surface area (Å²) >= 11 is 5.92. The minimum absolute atomic E-state index is 0.0679. The average molecular weight is 206 g/mol. The molecule has 0 aliphatic carbocycles. The van der Waals surface area contributed by atoms with Crippen molar-refractivity contribution >= 4 is 22.4 Å². The maximum atomic E-state index is 5.92. The second-order valence-electron chi connectivity index (χ2n) is 3.54. The molecule has 2 heteroatoms. The highest BCUT2D eigenvalue weighted by molar-refractivity contribution is 6.31. The summed E-state index contributed by atoms with van der Waals surface area (Å²) in [6, 6.07) is 12.2. The van der Waals surface area contributed by atoms with Gasteiger partial charge in [-0.1, -0.05) is 29.8 Å². The molecule has 0 aromatic heterocycles. The summed E-state index contributed by atoms with van der Waals surface area (Å²) in [4.78, 5) is 0. The van der Waals surface area contributed by atoms with Crippen molar-refractivity contribution in [2.75, 3.05) is 0 Å². The lowest BCUT2D eigenvalue weighted by atomic mass is 10.0. The summed E-state index contributed by atoms with van der Waals surface area (Å²) in [6.07, 6.45) is 0. The molecule has 0 spiro atoms. The van der Waals surface area contributed by atoms with Gasteiger partial charge in [0, 0.05) is 11.1 Å². The minimum Gasteiger partial charge on any atom is -0.324 e. The van der Waals surface area contributed by atoms with Crippen molar-refractivity contribution in [3.8, 4) is 0 Å². The Labute approximate surface area is 88.5 Å². The fourth-order valence-corrected chi connectivity index (χ4v) is 1.70. The van der Waals surface area contributed by atoms with Crippen LogP contribution in [0.1, 0.15) is 18.5 Å². The van der Waals surface area contributed by atoms with Gasteiger partial charge in [0.1, 0.15) is 0 Å². The van der Waals surface area contributed by atoms with Gasteiger partial charge >= 0.3 is 0 Å². The molecule has 72 valence electrons. The molecule has 0 bridgehead atoms. The normalized spacial score (nSPS) is 13.1. The Bertz CT molecular complexity index is 463. The fourth-order valence-electron chi connectivity index (χ4n) is 1.52. The molecule has 2 aromatic rings. The smallest absolute Gasteiger partial charge is 0.0412 e. The molecule has 1 nitrogen and oxygen atoms in total. The third-order valence-electron chi connectivity index (χ3n) is 2.35. The van der Waals surface area contributed by atoms with Crippen LogP contribution in [0.2, 0.25) is 5.02 Å². The maximum Gasteiger partial charge on any atom is 0.0412 e. The van der Waals surface area contributed by atoms with Crippen LogP contribution >= 0.6 is 11.6 Å². The Balaban J connectivity index is 2.63. The van der Waals surface area contributed by atoms with Crippen LogP contribution in [0.15, 0.2) is 36.4 Å². The number of halogens is 1. The summed E-state index contributed by atoms with van der Waals surface area (Å²) in [7, 11) is 0. The fraction of sp³-hybridized carbons (Fsp3) is 0.167. The topological polar surface area (TPSA) is 26.0 Å². The Morgan fingerprint density at radius 3 is 2.50 bits per heavy atom. The minimum atomic E-state index is 0.0679. The van der Waals surface area contributed by atoms with Gasteiger partial charge in [-0.25, -0.2) is 0 Å². The number of hydrogen-bond donors (Lipinski definition) is 1. The third-order valence-corrected chi connectivity index (χ3v) is 2.59. The monoisotopic (exact) mass is 205 g/mol. The van der Waals surface area contributed by atoms with Crippen LogP contribution in [0, 0.1) is 0 Å². The lowest BCUT2D eigenvalue weighted by Crippen LogP contribution is -2.04. The van der Waals surface area contributed by atoms with Gasteiger partial charge in [-0.2, -0.15) is 0 Å². The van der Waals surface area contributed by atoms with Gasteiger partial charge in [0.05, 0.1) is 0 Å². The number of rotatable bonds is 1. The van der Waals surface area contributed by atoms with Crippen molar-refractivity contribution in [3.05, 3.63) is 47.0 Å². The summed E-state index contributed by atoms with van der Waals surface area (Å²) in [5.74, 6) is 0. The van der Waals surface area contributed by atoms with Crippen LogP contribution in [-0.4, -0.2) is 0 Å². The SMILES string of the molecule is C[C@@H](N)c1ccc2ccc(Cl)cc2c1. The van der Waals surface area contributed by atoms with E-state index in [1.54, 1.807) is 0 Å². The van der Waals surface area contributed by atoms with E-state index in [2.05, 4.69) is 18.2 Å². The predicted octanol–water partition coefficient (Wildman–Crippen LogP) is 3.51. The molecule has 0 unspecified atom stereocenters. The Kier molecular flexibility index (Phi) is 2.44. The van der Waals surface area contributed by atoms with E-state index in [0.717, 1.165) is 16.0 Å². The Morgan fingerprint density at radius 1 is 1.07 bits per heavy atom. The summed E-state index contributed by atoms with van der Waals surface area (Å²) in [6.45, 7) is 1.98. The molecule has 0 saturated heterocycles. The largest absolute Gasteiger partial charge is 0.324 e. The van der Waals surface area contributed by atoms with E-state index in [0.29, 0.717) is 0 Å². The molecule has 1 atom stereocenters. The quantitative estimate of drug-likeness (QED) is 0.758. The first-order valence-electron chi connectivity index (χ1n) is 4.61. The Morgan fingerprint density at radius 2 is 1.79 bits per heavy atom. The predicted molar refractivity (Wildman–Crippen MR) is 61.6 cm³/mol. The van der Waals surface area contributed by atoms with E-state index < -0.39 is 0 Å². The molecule has 0 saturated carbocycles. The van der Waals surface area contributed by atoms with Crippen molar-refractivity contribution in [1.82, 2.24) is 0 Å². The summed E-state index contributed by atoms with van der Waals surface area (Å²) in [5.41, 5.74) is 6.95. The molecule has 2 aromatic carbocycles. The first-order chi connectivity index (χ1) is 6.66. The van der Waals surface area contributed by atoms with E-state index in [1.807, 2.05) is 25.1 Å². The van der Waals surface area contributed by atoms with Crippen molar-refractivity contribution in [2.24, 2.45) is 5.73 Å². The molecule has 0 fully saturated rings. The maximum absolute atomic E-state index is 5.92. The number of nitrogens with two attached hydrogens (primary N) is 1. The van der Waals surface area contributed by atoms with E-state index in [-0.39, 0.29) is 6.04 Å². The third kappa shape index (κ3) is 1.74.